The first-order valence-electron chi connectivity index (χ1n) is 2.98. The van der Waals surface area contributed by atoms with Gasteiger partial charge in [-0.3, -0.25) is 0 Å². The third-order valence-electron chi connectivity index (χ3n) is 1.47. The Balaban J connectivity index is 0.000000500. The molecule has 0 spiro atoms. The maximum Gasteiger partial charge on any atom is 0.00843 e. The summed E-state index contributed by atoms with van der Waals surface area (Å²) in [5.41, 5.74) is 0. The van der Waals surface area contributed by atoms with E-state index in [1.165, 1.54) is 10.8 Å². The van der Waals surface area contributed by atoms with Gasteiger partial charge in [0.05, 0.1) is 0 Å². The molecular formula is C8H10N2. The average Bonchev–Trinajstić information content (AvgIpc) is 2.33. The first-order chi connectivity index (χ1) is 4.47. The van der Waals surface area contributed by atoms with E-state index in [-0.39, 0.29) is 6.15 Å². The average molecular weight is 134 g/mol. The zero-order valence-corrected chi connectivity index (χ0v) is 5.67. The van der Waals surface area contributed by atoms with Crippen molar-refractivity contribution in [1.82, 2.24) is 11.1 Å². The van der Waals surface area contributed by atoms with Crippen LogP contribution in [0.5, 0.6) is 0 Å². The Morgan fingerprint density at radius 2 is 1.40 bits per heavy atom. The highest BCUT2D eigenvalue weighted by Gasteiger charge is 1.86. The normalized spacial score (nSPS) is 9.20. The van der Waals surface area contributed by atoms with Crippen molar-refractivity contribution in [3.8, 4) is 0 Å². The molecule has 1 aromatic carbocycles. The quantitative estimate of drug-likeness (QED) is 0.570. The van der Waals surface area contributed by atoms with Crippen LogP contribution in [0, 0.1) is 0 Å². The second-order valence-electron chi connectivity index (χ2n) is 2.08. The first kappa shape index (κ1) is 6.83. The van der Waals surface area contributed by atoms with Gasteiger partial charge in [0.25, 0.3) is 0 Å². The lowest BCUT2D eigenvalue weighted by atomic mass is 10.2. The molecule has 0 saturated heterocycles. The lowest BCUT2D eigenvalue weighted by Gasteiger charge is -1.81. The zero-order valence-electron chi connectivity index (χ0n) is 5.67. The van der Waals surface area contributed by atoms with Gasteiger partial charge in [0.2, 0.25) is 0 Å². The van der Waals surface area contributed by atoms with Crippen LogP contribution < -0.4 is 6.15 Å². The number of rotatable bonds is 0. The summed E-state index contributed by atoms with van der Waals surface area (Å²) in [7, 11) is 0. The number of hydrogen-bond acceptors (Lipinski definition) is 1. The number of hydrogen-bond donors (Lipinski definition) is 2. The van der Waals surface area contributed by atoms with E-state index in [1.807, 2.05) is 24.5 Å². The van der Waals surface area contributed by atoms with Gasteiger partial charge in [0.15, 0.2) is 0 Å². The van der Waals surface area contributed by atoms with Crippen molar-refractivity contribution in [2.24, 2.45) is 0 Å². The molecule has 0 atom stereocenters. The molecule has 2 heteroatoms. The van der Waals surface area contributed by atoms with Crippen molar-refractivity contribution in [1.29, 1.82) is 0 Å². The summed E-state index contributed by atoms with van der Waals surface area (Å²) >= 11 is 0. The van der Waals surface area contributed by atoms with E-state index in [2.05, 4.69) is 17.1 Å². The summed E-state index contributed by atoms with van der Waals surface area (Å²) in [6, 6.07) is 8.25. The first-order valence-corrected chi connectivity index (χ1v) is 2.98. The van der Waals surface area contributed by atoms with Crippen molar-refractivity contribution in [2.75, 3.05) is 0 Å². The van der Waals surface area contributed by atoms with Crippen LogP contribution in [-0.2, 0) is 0 Å². The predicted octanol–water partition coefficient (Wildman–Crippen LogP) is 2.33. The molecular weight excluding hydrogens is 124 g/mol. The van der Waals surface area contributed by atoms with Crippen LogP contribution >= 0.6 is 0 Å². The van der Waals surface area contributed by atoms with E-state index in [4.69, 9.17) is 0 Å². The van der Waals surface area contributed by atoms with Crippen LogP contribution in [0.2, 0.25) is 0 Å². The molecule has 4 N–H and O–H groups in total. The summed E-state index contributed by atoms with van der Waals surface area (Å²) in [6.07, 6.45) is 3.99. The van der Waals surface area contributed by atoms with E-state index >= 15 is 0 Å². The Morgan fingerprint density at radius 1 is 0.900 bits per heavy atom. The minimum Gasteiger partial charge on any atom is -0.366 e. The molecule has 0 aliphatic heterocycles. The third-order valence-corrected chi connectivity index (χ3v) is 1.47. The van der Waals surface area contributed by atoms with Gasteiger partial charge in [-0.15, -0.1) is 0 Å². The summed E-state index contributed by atoms with van der Waals surface area (Å²) in [4.78, 5) is 3.04. The van der Waals surface area contributed by atoms with Crippen LogP contribution in [0.1, 0.15) is 0 Å². The van der Waals surface area contributed by atoms with E-state index in [0.717, 1.165) is 0 Å². The van der Waals surface area contributed by atoms with Crippen molar-refractivity contribution < 1.29 is 0 Å². The maximum atomic E-state index is 3.04. The molecule has 2 nitrogen and oxygen atoms in total. The van der Waals surface area contributed by atoms with Crippen LogP contribution in [0.3, 0.4) is 0 Å². The Bertz CT molecular complexity index is 281. The maximum absolute atomic E-state index is 3.04. The number of nitrogens with one attached hydrogen (secondary N) is 1. The molecule has 2 rings (SSSR count). The highest BCUT2D eigenvalue weighted by molar-refractivity contribution is 5.81. The topological polar surface area (TPSA) is 50.8 Å². The number of benzene rings is 1. The Morgan fingerprint density at radius 3 is 1.90 bits per heavy atom. The second-order valence-corrected chi connectivity index (χ2v) is 2.08. The fourth-order valence-corrected chi connectivity index (χ4v) is 0.995. The monoisotopic (exact) mass is 134 g/mol. The number of aromatic amines is 1. The molecule has 0 radical (unpaired) electrons. The largest absolute Gasteiger partial charge is 0.366 e. The molecule has 0 saturated carbocycles. The zero-order chi connectivity index (χ0) is 6.10. The van der Waals surface area contributed by atoms with Gasteiger partial charge in [0.1, 0.15) is 0 Å². The summed E-state index contributed by atoms with van der Waals surface area (Å²) in [6.45, 7) is 0. The minimum absolute atomic E-state index is 0. The third kappa shape index (κ3) is 0.890. The lowest BCUT2D eigenvalue weighted by molar-refractivity contribution is 1.43. The SMILES string of the molecule is N.c1ccc2c[nH]cc2c1. The molecule has 0 bridgehead atoms. The molecule has 1 aromatic heterocycles. The van der Waals surface area contributed by atoms with Gasteiger partial charge in [-0.25, -0.2) is 0 Å². The van der Waals surface area contributed by atoms with Gasteiger partial charge < -0.3 is 11.1 Å². The molecule has 0 aliphatic rings. The fourth-order valence-electron chi connectivity index (χ4n) is 0.995. The number of H-pyrrole nitrogens is 1. The molecule has 1 heterocycles. The van der Waals surface area contributed by atoms with E-state index in [1.54, 1.807) is 0 Å². The van der Waals surface area contributed by atoms with Crippen LogP contribution in [0.4, 0.5) is 0 Å². The van der Waals surface area contributed by atoms with Crippen molar-refractivity contribution in [3.63, 3.8) is 0 Å². The van der Waals surface area contributed by atoms with Crippen molar-refractivity contribution in [3.05, 3.63) is 36.7 Å². The van der Waals surface area contributed by atoms with Crippen LogP contribution in [-0.4, -0.2) is 4.98 Å². The second kappa shape index (κ2) is 2.54. The summed E-state index contributed by atoms with van der Waals surface area (Å²) < 4.78 is 0. The summed E-state index contributed by atoms with van der Waals surface area (Å²) in [5.74, 6) is 0. The minimum atomic E-state index is 0. The Hall–Kier alpha value is -1.28. The fraction of sp³-hybridized carbons (Fsp3) is 0. The van der Waals surface area contributed by atoms with Crippen LogP contribution in [0.25, 0.3) is 10.8 Å². The van der Waals surface area contributed by atoms with Gasteiger partial charge in [-0.05, 0) is 10.8 Å². The standard InChI is InChI=1S/C8H7N.H3N/c1-2-4-8-6-9-5-7(8)3-1;/h1-6,9H;1H3. The number of fused-ring (bicyclic) bond motifs is 1. The van der Waals surface area contributed by atoms with Gasteiger partial charge in [0, 0.05) is 12.4 Å². The van der Waals surface area contributed by atoms with Crippen LogP contribution in [0.15, 0.2) is 36.7 Å². The molecule has 52 valence electrons. The molecule has 2 aromatic rings. The lowest BCUT2D eigenvalue weighted by Crippen LogP contribution is -1.57. The van der Waals surface area contributed by atoms with E-state index in [0.29, 0.717) is 0 Å². The molecule has 10 heavy (non-hydrogen) atoms. The predicted molar refractivity (Wildman–Crippen MR) is 43.3 cm³/mol. The number of aromatic nitrogens is 1. The molecule has 0 unspecified atom stereocenters. The highest BCUT2D eigenvalue weighted by atomic mass is 14.6. The Labute approximate surface area is 59.5 Å². The van der Waals surface area contributed by atoms with E-state index in [9.17, 15) is 0 Å². The van der Waals surface area contributed by atoms with Crippen molar-refractivity contribution >= 4 is 10.8 Å². The smallest absolute Gasteiger partial charge is 0.00843 e. The van der Waals surface area contributed by atoms with E-state index < -0.39 is 0 Å². The molecule has 0 fully saturated rings. The molecule has 0 amide bonds. The highest BCUT2D eigenvalue weighted by Crippen LogP contribution is 2.10. The van der Waals surface area contributed by atoms with Gasteiger partial charge in [-0.2, -0.15) is 0 Å². The van der Waals surface area contributed by atoms with Gasteiger partial charge in [-0.1, -0.05) is 24.3 Å². The Kier molecular flexibility index (Phi) is 1.73. The van der Waals surface area contributed by atoms with Crippen molar-refractivity contribution in [2.45, 2.75) is 0 Å². The summed E-state index contributed by atoms with van der Waals surface area (Å²) in [5, 5.41) is 2.55. The molecule has 0 aliphatic carbocycles. The van der Waals surface area contributed by atoms with Gasteiger partial charge >= 0.3 is 0 Å².